The second kappa shape index (κ2) is 9.06. The van der Waals surface area contributed by atoms with Crippen molar-refractivity contribution in [2.45, 2.75) is 69.8 Å². The van der Waals surface area contributed by atoms with Gasteiger partial charge in [-0.15, -0.1) is 0 Å². The van der Waals surface area contributed by atoms with Crippen molar-refractivity contribution in [3.05, 3.63) is 35.4 Å². The Bertz CT molecular complexity index is 799. The first kappa shape index (κ1) is 23.4. The number of halogens is 3. The van der Waals surface area contributed by atoms with Gasteiger partial charge >= 0.3 is 12.3 Å². The number of ether oxygens (including phenoxy) is 1. The number of hydrogen-bond donors (Lipinski definition) is 2. The molecule has 1 aliphatic carbocycles. The molecule has 1 aromatic rings. The highest BCUT2D eigenvalue weighted by Gasteiger charge is 2.40. The topological polar surface area (TPSA) is 70.7 Å². The molecule has 1 aliphatic heterocycles. The van der Waals surface area contributed by atoms with E-state index in [1.165, 1.54) is 4.90 Å². The quantitative estimate of drug-likeness (QED) is 0.729. The van der Waals surface area contributed by atoms with Gasteiger partial charge in [-0.2, -0.15) is 13.2 Å². The number of benzene rings is 1. The zero-order chi connectivity index (χ0) is 22.8. The van der Waals surface area contributed by atoms with Crippen LogP contribution in [0.15, 0.2) is 24.3 Å². The van der Waals surface area contributed by atoms with Crippen LogP contribution in [0.2, 0.25) is 0 Å². The Balaban J connectivity index is 1.48. The van der Waals surface area contributed by atoms with Crippen LogP contribution >= 0.6 is 0 Å². The number of likely N-dealkylation sites (tertiary alicyclic amines) is 1. The van der Waals surface area contributed by atoms with E-state index in [1.807, 2.05) is 12.1 Å². The molecule has 3 rings (SSSR count). The highest BCUT2D eigenvalue weighted by Crippen LogP contribution is 2.41. The van der Waals surface area contributed by atoms with Gasteiger partial charge in [-0.05, 0) is 57.7 Å². The van der Waals surface area contributed by atoms with Gasteiger partial charge in [-0.3, -0.25) is 9.69 Å². The third-order valence-electron chi connectivity index (χ3n) is 5.40. The van der Waals surface area contributed by atoms with Gasteiger partial charge < -0.3 is 15.4 Å². The van der Waals surface area contributed by atoms with Crippen LogP contribution in [-0.2, 0) is 4.74 Å². The number of rotatable bonds is 5. The van der Waals surface area contributed by atoms with Crippen molar-refractivity contribution in [1.82, 2.24) is 15.5 Å². The first-order valence-electron chi connectivity index (χ1n) is 10.6. The number of piperidine rings is 1. The van der Waals surface area contributed by atoms with E-state index in [-0.39, 0.29) is 23.9 Å². The van der Waals surface area contributed by atoms with E-state index in [4.69, 9.17) is 4.74 Å². The third kappa shape index (κ3) is 7.41. The Morgan fingerprint density at radius 2 is 1.81 bits per heavy atom. The van der Waals surface area contributed by atoms with Gasteiger partial charge in [0.05, 0.1) is 6.54 Å². The minimum absolute atomic E-state index is 0.0221. The van der Waals surface area contributed by atoms with Crippen molar-refractivity contribution in [2.24, 2.45) is 0 Å². The van der Waals surface area contributed by atoms with Gasteiger partial charge in [0, 0.05) is 36.7 Å². The van der Waals surface area contributed by atoms with Gasteiger partial charge in [0.15, 0.2) is 0 Å². The molecule has 172 valence electrons. The van der Waals surface area contributed by atoms with E-state index < -0.39 is 24.4 Å². The summed E-state index contributed by atoms with van der Waals surface area (Å²) in [5.74, 6) is -0.0979. The van der Waals surface area contributed by atoms with E-state index in [0.29, 0.717) is 31.5 Å². The average molecular weight is 441 g/mol. The molecule has 1 saturated carbocycles. The summed E-state index contributed by atoms with van der Waals surface area (Å²) in [6.07, 6.45) is -2.89. The second-order valence-corrected chi connectivity index (χ2v) is 9.36. The molecule has 0 unspecified atom stereocenters. The Morgan fingerprint density at radius 3 is 2.42 bits per heavy atom. The minimum Gasteiger partial charge on any atom is -0.444 e. The van der Waals surface area contributed by atoms with Gasteiger partial charge in [0.1, 0.15) is 5.60 Å². The zero-order valence-electron chi connectivity index (χ0n) is 18.1. The fourth-order valence-electron chi connectivity index (χ4n) is 3.85. The predicted molar refractivity (Wildman–Crippen MR) is 110 cm³/mol. The van der Waals surface area contributed by atoms with Crippen molar-refractivity contribution in [3.8, 4) is 0 Å². The van der Waals surface area contributed by atoms with Crippen molar-refractivity contribution in [2.75, 3.05) is 19.6 Å². The van der Waals surface area contributed by atoms with Crippen LogP contribution < -0.4 is 10.6 Å². The Morgan fingerprint density at radius 1 is 1.13 bits per heavy atom. The number of nitrogens with one attached hydrogen (secondary N) is 2. The van der Waals surface area contributed by atoms with Crippen molar-refractivity contribution in [1.29, 1.82) is 0 Å². The molecule has 2 amide bonds. The first-order chi connectivity index (χ1) is 14.4. The number of alkyl carbamates (subject to hydrolysis) is 1. The smallest absolute Gasteiger partial charge is 0.407 e. The molecule has 2 fully saturated rings. The van der Waals surface area contributed by atoms with Crippen molar-refractivity contribution >= 4 is 12.0 Å². The summed E-state index contributed by atoms with van der Waals surface area (Å²) < 4.78 is 42.8. The van der Waals surface area contributed by atoms with E-state index in [1.54, 1.807) is 32.9 Å². The molecule has 1 heterocycles. The molecule has 2 aliphatic rings. The summed E-state index contributed by atoms with van der Waals surface area (Å²) in [6.45, 7) is 5.13. The van der Waals surface area contributed by atoms with Gasteiger partial charge in [0.2, 0.25) is 0 Å². The van der Waals surface area contributed by atoms with Crippen molar-refractivity contribution in [3.63, 3.8) is 0 Å². The number of alkyl halides is 3. The maximum absolute atomic E-state index is 12.6. The Hall–Kier alpha value is -2.29. The predicted octanol–water partition coefficient (Wildman–Crippen LogP) is 3.82. The summed E-state index contributed by atoms with van der Waals surface area (Å²) in [6, 6.07) is 7.10. The lowest BCUT2D eigenvalue weighted by molar-refractivity contribution is -0.148. The monoisotopic (exact) mass is 441 g/mol. The number of hydrogen-bond acceptors (Lipinski definition) is 4. The molecule has 2 N–H and O–H groups in total. The SMILES string of the molecule is CC(C)(C)OC(=O)N[C@@H]1C[C@H]1c1cccc(C(=O)NC2CCN(CC(F)(F)F)CC2)c1. The maximum atomic E-state index is 12.6. The molecule has 6 nitrogen and oxygen atoms in total. The largest absolute Gasteiger partial charge is 0.444 e. The zero-order valence-corrected chi connectivity index (χ0v) is 18.1. The van der Waals surface area contributed by atoms with Gasteiger partial charge in [-0.25, -0.2) is 4.79 Å². The fourth-order valence-corrected chi connectivity index (χ4v) is 3.85. The molecular formula is C22H30F3N3O3. The summed E-state index contributed by atoms with van der Waals surface area (Å²) >= 11 is 0. The first-order valence-corrected chi connectivity index (χ1v) is 10.6. The highest BCUT2D eigenvalue weighted by atomic mass is 19.4. The van der Waals surface area contributed by atoms with E-state index >= 15 is 0 Å². The number of carbonyl (C=O) groups is 2. The lowest BCUT2D eigenvalue weighted by atomic mass is 10.0. The minimum atomic E-state index is -4.20. The van der Waals surface area contributed by atoms with E-state index in [2.05, 4.69) is 10.6 Å². The van der Waals surface area contributed by atoms with Crippen LogP contribution in [0, 0.1) is 0 Å². The van der Waals surface area contributed by atoms with Crippen LogP contribution in [0.5, 0.6) is 0 Å². The molecule has 9 heteroatoms. The van der Waals surface area contributed by atoms with E-state index in [0.717, 1.165) is 12.0 Å². The molecule has 0 radical (unpaired) electrons. The van der Waals surface area contributed by atoms with Gasteiger partial charge in [-0.1, -0.05) is 12.1 Å². The summed E-state index contributed by atoms with van der Waals surface area (Å²) in [7, 11) is 0. The standard InChI is InChI=1S/C22H30F3N3O3/c1-21(2,3)31-20(30)27-18-12-17(18)14-5-4-6-15(11-14)19(29)26-16-7-9-28(10-8-16)13-22(23,24)25/h4-6,11,16-18H,7-10,12-13H2,1-3H3,(H,26,29)(H,27,30)/t17-,18+/m0/s1. The summed E-state index contributed by atoms with van der Waals surface area (Å²) in [5, 5.41) is 5.78. The molecule has 0 spiro atoms. The lowest BCUT2D eigenvalue weighted by Gasteiger charge is -2.32. The molecule has 0 aromatic heterocycles. The number of carbonyl (C=O) groups excluding carboxylic acids is 2. The molecule has 2 atom stereocenters. The highest BCUT2D eigenvalue weighted by molar-refractivity contribution is 5.94. The van der Waals surface area contributed by atoms with Crippen LogP contribution in [0.4, 0.5) is 18.0 Å². The Labute approximate surface area is 180 Å². The molecule has 1 aromatic carbocycles. The molecular weight excluding hydrogens is 411 g/mol. The normalized spacial score (nSPS) is 22.6. The maximum Gasteiger partial charge on any atom is 0.407 e. The van der Waals surface area contributed by atoms with Crippen molar-refractivity contribution < 1.29 is 27.5 Å². The average Bonchev–Trinajstić information content (AvgIpc) is 3.39. The van der Waals surface area contributed by atoms with Crippen LogP contribution in [0.3, 0.4) is 0 Å². The molecule has 31 heavy (non-hydrogen) atoms. The number of amides is 2. The van der Waals surface area contributed by atoms with E-state index in [9.17, 15) is 22.8 Å². The fraction of sp³-hybridized carbons (Fsp3) is 0.636. The third-order valence-corrected chi connectivity index (χ3v) is 5.40. The molecule has 1 saturated heterocycles. The Kier molecular flexibility index (Phi) is 6.83. The molecule has 0 bridgehead atoms. The summed E-state index contributed by atoms with van der Waals surface area (Å²) in [4.78, 5) is 25.9. The van der Waals surface area contributed by atoms with Crippen LogP contribution in [0.25, 0.3) is 0 Å². The van der Waals surface area contributed by atoms with Gasteiger partial charge in [0.25, 0.3) is 5.91 Å². The van der Waals surface area contributed by atoms with Crippen LogP contribution in [0.1, 0.15) is 61.9 Å². The number of nitrogens with zero attached hydrogens (tertiary/aromatic N) is 1. The summed E-state index contributed by atoms with van der Waals surface area (Å²) in [5.41, 5.74) is 0.918. The second-order valence-electron chi connectivity index (χ2n) is 9.36. The lowest BCUT2D eigenvalue weighted by Crippen LogP contribution is -2.47. The van der Waals surface area contributed by atoms with Crippen LogP contribution in [-0.4, -0.2) is 60.4 Å².